The van der Waals surface area contributed by atoms with Gasteiger partial charge in [-0.1, -0.05) is 0 Å². The van der Waals surface area contributed by atoms with E-state index in [-0.39, 0.29) is 6.10 Å². The Bertz CT molecular complexity index is 193. The SMILES string of the molecule is CC(C)OC1C(O)C(O)C(O)[C@H](O)C1O. The summed E-state index contributed by atoms with van der Waals surface area (Å²) in [6, 6.07) is 0. The van der Waals surface area contributed by atoms with Crippen molar-refractivity contribution in [2.75, 3.05) is 0 Å². The van der Waals surface area contributed by atoms with Crippen molar-refractivity contribution in [3.05, 3.63) is 0 Å². The van der Waals surface area contributed by atoms with Crippen LogP contribution in [0.1, 0.15) is 13.8 Å². The van der Waals surface area contributed by atoms with Crippen molar-refractivity contribution < 1.29 is 30.3 Å². The Morgan fingerprint density at radius 2 is 1.07 bits per heavy atom. The van der Waals surface area contributed by atoms with Crippen LogP contribution < -0.4 is 0 Å². The fourth-order valence-electron chi connectivity index (χ4n) is 1.67. The number of hydrogen-bond acceptors (Lipinski definition) is 6. The molecule has 6 nitrogen and oxygen atoms in total. The zero-order valence-electron chi connectivity index (χ0n) is 8.69. The summed E-state index contributed by atoms with van der Waals surface area (Å²) < 4.78 is 5.17. The van der Waals surface area contributed by atoms with Gasteiger partial charge in [-0.05, 0) is 13.8 Å². The van der Waals surface area contributed by atoms with Crippen molar-refractivity contribution in [1.29, 1.82) is 0 Å². The van der Waals surface area contributed by atoms with Gasteiger partial charge in [0.25, 0.3) is 0 Å². The lowest BCUT2D eigenvalue weighted by atomic mass is 9.85. The van der Waals surface area contributed by atoms with Crippen LogP contribution in [0, 0.1) is 0 Å². The molecular formula is C9H18O6. The Labute approximate surface area is 87.7 Å². The molecule has 0 saturated heterocycles. The van der Waals surface area contributed by atoms with Crippen LogP contribution in [0.4, 0.5) is 0 Å². The molecule has 6 heteroatoms. The molecule has 1 saturated carbocycles. The molecule has 5 unspecified atom stereocenters. The summed E-state index contributed by atoms with van der Waals surface area (Å²) in [6.07, 6.45) is -8.81. The van der Waals surface area contributed by atoms with E-state index in [1.54, 1.807) is 13.8 Å². The summed E-state index contributed by atoms with van der Waals surface area (Å²) in [5.74, 6) is 0. The van der Waals surface area contributed by atoms with Gasteiger partial charge in [0, 0.05) is 0 Å². The van der Waals surface area contributed by atoms with Crippen molar-refractivity contribution >= 4 is 0 Å². The van der Waals surface area contributed by atoms with Gasteiger partial charge < -0.3 is 30.3 Å². The van der Waals surface area contributed by atoms with Crippen LogP contribution in [0.2, 0.25) is 0 Å². The van der Waals surface area contributed by atoms with Gasteiger partial charge in [0.15, 0.2) is 0 Å². The second-order valence-electron chi connectivity index (χ2n) is 4.10. The first-order valence-corrected chi connectivity index (χ1v) is 4.92. The highest BCUT2D eigenvalue weighted by Gasteiger charge is 2.49. The molecular weight excluding hydrogens is 204 g/mol. The minimum absolute atomic E-state index is 0.269. The topological polar surface area (TPSA) is 110 Å². The number of rotatable bonds is 2. The second kappa shape index (κ2) is 4.73. The largest absolute Gasteiger partial charge is 0.387 e. The van der Waals surface area contributed by atoms with Crippen LogP contribution in [0.25, 0.3) is 0 Å². The van der Waals surface area contributed by atoms with Gasteiger partial charge in [-0.25, -0.2) is 0 Å². The van der Waals surface area contributed by atoms with Crippen LogP contribution in [0.3, 0.4) is 0 Å². The molecule has 90 valence electrons. The summed E-state index contributed by atoms with van der Waals surface area (Å²) in [5, 5.41) is 47.1. The molecule has 5 N–H and O–H groups in total. The predicted molar refractivity (Wildman–Crippen MR) is 50.0 cm³/mol. The van der Waals surface area contributed by atoms with E-state index in [9.17, 15) is 25.5 Å². The highest BCUT2D eigenvalue weighted by Crippen LogP contribution is 2.24. The van der Waals surface area contributed by atoms with Gasteiger partial charge in [0.1, 0.15) is 36.6 Å². The van der Waals surface area contributed by atoms with E-state index in [0.717, 1.165) is 0 Å². The molecule has 0 aromatic rings. The monoisotopic (exact) mass is 222 g/mol. The molecule has 1 aliphatic carbocycles. The number of aliphatic hydroxyl groups is 5. The lowest BCUT2D eigenvalue weighted by molar-refractivity contribution is -0.242. The fraction of sp³-hybridized carbons (Fsp3) is 1.00. The van der Waals surface area contributed by atoms with Gasteiger partial charge in [-0.3, -0.25) is 0 Å². The van der Waals surface area contributed by atoms with E-state index < -0.39 is 36.6 Å². The van der Waals surface area contributed by atoms with Crippen LogP contribution >= 0.6 is 0 Å². The number of ether oxygens (including phenoxy) is 1. The third-order valence-electron chi connectivity index (χ3n) is 2.50. The summed E-state index contributed by atoms with van der Waals surface area (Å²) >= 11 is 0. The van der Waals surface area contributed by atoms with Crippen molar-refractivity contribution in [3.8, 4) is 0 Å². The molecule has 1 aliphatic rings. The summed E-state index contributed by atoms with van der Waals surface area (Å²) in [6.45, 7) is 3.40. The Morgan fingerprint density at radius 1 is 0.733 bits per heavy atom. The van der Waals surface area contributed by atoms with Crippen molar-refractivity contribution in [2.45, 2.75) is 56.6 Å². The zero-order valence-corrected chi connectivity index (χ0v) is 8.69. The molecule has 1 rings (SSSR count). The predicted octanol–water partition coefficient (Wildman–Crippen LogP) is -2.40. The lowest BCUT2D eigenvalue weighted by Crippen LogP contribution is -2.64. The summed E-state index contributed by atoms with van der Waals surface area (Å²) in [7, 11) is 0. The first kappa shape index (κ1) is 12.8. The van der Waals surface area contributed by atoms with Gasteiger partial charge in [0.05, 0.1) is 6.10 Å². The summed E-state index contributed by atoms with van der Waals surface area (Å²) in [5.41, 5.74) is 0. The maximum absolute atomic E-state index is 9.54. The highest BCUT2D eigenvalue weighted by atomic mass is 16.5. The Kier molecular flexibility index (Phi) is 4.05. The minimum Gasteiger partial charge on any atom is -0.387 e. The molecule has 6 atom stereocenters. The average Bonchev–Trinajstić information content (AvgIpc) is 2.18. The molecule has 0 aromatic heterocycles. The van der Waals surface area contributed by atoms with Crippen LogP contribution in [-0.2, 0) is 4.74 Å². The first-order chi connectivity index (χ1) is 6.86. The van der Waals surface area contributed by atoms with Crippen molar-refractivity contribution in [3.63, 3.8) is 0 Å². The van der Waals surface area contributed by atoms with Crippen LogP contribution in [0.5, 0.6) is 0 Å². The average molecular weight is 222 g/mol. The zero-order chi connectivity index (χ0) is 11.7. The minimum atomic E-state index is -1.57. The third kappa shape index (κ3) is 2.47. The highest BCUT2D eigenvalue weighted by molar-refractivity contribution is 4.99. The van der Waals surface area contributed by atoms with E-state index in [4.69, 9.17) is 4.74 Å². The van der Waals surface area contributed by atoms with Crippen LogP contribution in [-0.4, -0.2) is 68.3 Å². The third-order valence-corrected chi connectivity index (χ3v) is 2.50. The molecule has 0 aromatic carbocycles. The summed E-state index contributed by atoms with van der Waals surface area (Å²) in [4.78, 5) is 0. The molecule has 0 spiro atoms. The maximum atomic E-state index is 9.54. The normalized spacial score (nSPS) is 47.2. The van der Waals surface area contributed by atoms with Gasteiger partial charge >= 0.3 is 0 Å². The molecule has 15 heavy (non-hydrogen) atoms. The lowest BCUT2D eigenvalue weighted by Gasteiger charge is -2.42. The number of aliphatic hydroxyl groups excluding tert-OH is 5. The van der Waals surface area contributed by atoms with E-state index in [2.05, 4.69) is 0 Å². The first-order valence-electron chi connectivity index (χ1n) is 4.92. The molecule has 0 amide bonds. The Morgan fingerprint density at radius 3 is 1.40 bits per heavy atom. The molecule has 1 fully saturated rings. The molecule has 0 bridgehead atoms. The van der Waals surface area contributed by atoms with Crippen molar-refractivity contribution in [2.24, 2.45) is 0 Å². The smallest absolute Gasteiger partial charge is 0.115 e. The fourth-order valence-corrected chi connectivity index (χ4v) is 1.67. The van der Waals surface area contributed by atoms with E-state index in [0.29, 0.717) is 0 Å². The van der Waals surface area contributed by atoms with Crippen LogP contribution in [0.15, 0.2) is 0 Å². The number of hydrogen-bond donors (Lipinski definition) is 5. The Hall–Kier alpha value is -0.240. The molecule has 0 radical (unpaired) electrons. The van der Waals surface area contributed by atoms with E-state index in [1.165, 1.54) is 0 Å². The Balaban J connectivity index is 2.77. The second-order valence-corrected chi connectivity index (χ2v) is 4.10. The van der Waals surface area contributed by atoms with Gasteiger partial charge in [-0.2, -0.15) is 0 Å². The molecule has 0 heterocycles. The van der Waals surface area contributed by atoms with E-state index in [1.807, 2.05) is 0 Å². The quantitative estimate of drug-likeness (QED) is 0.356. The standard InChI is InChI=1S/C9H18O6/c1-3(2)15-9-7(13)5(11)4(10)6(12)8(9)14/h3-14H,1-2H3/t4?,5-,6?,7?,8?,9?/m0/s1. The van der Waals surface area contributed by atoms with E-state index >= 15 is 0 Å². The molecule has 0 aliphatic heterocycles. The maximum Gasteiger partial charge on any atom is 0.115 e. The van der Waals surface area contributed by atoms with Gasteiger partial charge in [0.2, 0.25) is 0 Å². The van der Waals surface area contributed by atoms with Crippen molar-refractivity contribution in [1.82, 2.24) is 0 Å². The van der Waals surface area contributed by atoms with Gasteiger partial charge in [-0.15, -0.1) is 0 Å².